The molecule has 1 atom stereocenters. The summed E-state index contributed by atoms with van der Waals surface area (Å²) in [5.74, 6) is -0.536. The maximum atomic E-state index is 13.7. The van der Waals surface area contributed by atoms with E-state index in [0.717, 1.165) is 6.07 Å². The molecule has 25 heavy (non-hydrogen) atoms. The van der Waals surface area contributed by atoms with Crippen molar-refractivity contribution < 1.29 is 18.0 Å². The molecule has 2 aromatic carbocycles. The number of hydrogen-bond acceptors (Lipinski definition) is 2. The molecule has 1 N–H and O–H groups in total. The molecular weight excluding hydrogens is 353 g/mol. The Balaban J connectivity index is 1.95. The summed E-state index contributed by atoms with van der Waals surface area (Å²) in [6, 6.07) is 9.06. The van der Waals surface area contributed by atoms with Gasteiger partial charge in [-0.25, -0.2) is 0 Å². The summed E-state index contributed by atoms with van der Waals surface area (Å²) in [4.78, 5) is 14.1. The minimum absolute atomic E-state index is 0.216. The van der Waals surface area contributed by atoms with Gasteiger partial charge in [-0.15, -0.1) is 0 Å². The van der Waals surface area contributed by atoms with Crippen LogP contribution in [0.25, 0.3) is 11.1 Å². The summed E-state index contributed by atoms with van der Waals surface area (Å²) in [6.07, 6.45) is -4.60. The van der Waals surface area contributed by atoms with Crippen molar-refractivity contribution >= 4 is 17.5 Å². The van der Waals surface area contributed by atoms with Gasteiger partial charge in [-0.05, 0) is 41.0 Å². The maximum absolute atomic E-state index is 13.7. The van der Waals surface area contributed by atoms with E-state index < -0.39 is 17.6 Å². The third-order valence-electron chi connectivity index (χ3n) is 4.71. The van der Waals surface area contributed by atoms with Gasteiger partial charge in [0.15, 0.2) is 0 Å². The van der Waals surface area contributed by atoms with Crippen molar-refractivity contribution in [2.45, 2.75) is 12.2 Å². The van der Waals surface area contributed by atoms with Crippen LogP contribution in [0.15, 0.2) is 36.4 Å². The summed E-state index contributed by atoms with van der Waals surface area (Å²) in [6.45, 7) is 1.44. The lowest BCUT2D eigenvalue weighted by Gasteiger charge is -2.30. The van der Waals surface area contributed by atoms with Gasteiger partial charge in [-0.3, -0.25) is 4.79 Å². The largest absolute Gasteiger partial charge is 0.417 e. The van der Waals surface area contributed by atoms with Crippen LogP contribution in [0.3, 0.4) is 0 Å². The van der Waals surface area contributed by atoms with Gasteiger partial charge < -0.3 is 10.2 Å². The van der Waals surface area contributed by atoms with Gasteiger partial charge in [-0.1, -0.05) is 23.7 Å². The lowest BCUT2D eigenvalue weighted by Crippen LogP contribution is -2.44. The molecule has 130 valence electrons. The Morgan fingerprint density at radius 3 is 2.68 bits per heavy atom. The fraction of sp³-hybridized carbons (Fsp3) is 0.278. The molecule has 1 amide bonds. The first-order valence-corrected chi connectivity index (χ1v) is 8.27. The van der Waals surface area contributed by atoms with Crippen molar-refractivity contribution in [1.29, 1.82) is 0 Å². The Kier molecular flexibility index (Phi) is 3.77. The van der Waals surface area contributed by atoms with E-state index in [1.807, 2.05) is 0 Å². The number of carbonyl (C=O) groups is 1. The Morgan fingerprint density at radius 2 is 1.96 bits per heavy atom. The topological polar surface area (TPSA) is 32.3 Å². The molecular formula is C18H14ClF3N2O. The zero-order valence-electron chi connectivity index (χ0n) is 13.0. The summed E-state index contributed by atoms with van der Waals surface area (Å²) in [5, 5.41) is 3.60. The Morgan fingerprint density at radius 1 is 1.16 bits per heavy atom. The van der Waals surface area contributed by atoms with Crippen molar-refractivity contribution in [3.05, 3.63) is 58.1 Å². The quantitative estimate of drug-likeness (QED) is 0.823. The SMILES string of the molecule is O=C1c2c(cc(-c3cccc(Cl)c3)cc2C(F)(F)F)[C@@H]2CNCCN12. The smallest absolute Gasteiger partial charge is 0.329 e. The van der Waals surface area contributed by atoms with Crippen molar-refractivity contribution in [2.75, 3.05) is 19.6 Å². The Hall–Kier alpha value is -2.05. The number of benzene rings is 2. The zero-order valence-corrected chi connectivity index (χ0v) is 13.8. The molecule has 2 aliphatic heterocycles. The van der Waals surface area contributed by atoms with Crippen molar-refractivity contribution in [2.24, 2.45) is 0 Å². The number of hydrogen-bond donors (Lipinski definition) is 1. The monoisotopic (exact) mass is 366 g/mol. The molecule has 0 radical (unpaired) electrons. The minimum atomic E-state index is -4.60. The molecule has 2 heterocycles. The van der Waals surface area contributed by atoms with Crippen LogP contribution in [0.5, 0.6) is 0 Å². The van der Waals surface area contributed by atoms with Gasteiger partial charge in [0.2, 0.25) is 0 Å². The number of rotatable bonds is 1. The van der Waals surface area contributed by atoms with E-state index >= 15 is 0 Å². The van der Waals surface area contributed by atoms with Gasteiger partial charge in [0, 0.05) is 24.7 Å². The van der Waals surface area contributed by atoms with Gasteiger partial charge in [0.25, 0.3) is 5.91 Å². The Labute approximate surface area is 147 Å². The maximum Gasteiger partial charge on any atom is 0.417 e. The number of alkyl halides is 3. The van der Waals surface area contributed by atoms with Gasteiger partial charge in [0.1, 0.15) is 0 Å². The van der Waals surface area contributed by atoms with Crippen LogP contribution in [0.4, 0.5) is 13.2 Å². The van der Waals surface area contributed by atoms with Crippen LogP contribution in [-0.4, -0.2) is 30.4 Å². The van der Waals surface area contributed by atoms with Crippen LogP contribution in [0.2, 0.25) is 5.02 Å². The van der Waals surface area contributed by atoms with Crippen molar-refractivity contribution in [3.8, 4) is 11.1 Å². The molecule has 0 unspecified atom stereocenters. The molecule has 7 heteroatoms. The summed E-state index contributed by atoms with van der Waals surface area (Å²) >= 11 is 5.98. The highest BCUT2D eigenvalue weighted by molar-refractivity contribution is 6.30. The molecule has 2 aliphatic rings. The van der Waals surface area contributed by atoms with Crippen molar-refractivity contribution in [1.82, 2.24) is 10.2 Å². The van der Waals surface area contributed by atoms with E-state index in [1.54, 1.807) is 30.3 Å². The van der Waals surface area contributed by atoms with Gasteiger partial charge in [0.05, 0.1) is 17.2 Å². The second-order valence-electron chi connectivity index (χ2n) is 6.21. The second-order valence-corrected chi connectivity index (χ2v) is 6.65. The first-order valence-electron chi connectivity index (χ1n) is 7.89. The predicted octanol–water partition coefficient (Wildman–Crippen LogP) is 4.13. The standard InChI is InChI=1S/C18H14ClF3N2O/c19-12-3-1-2-10(6-12)11-7-13-15-9-23-4-5-24(15)17(25)16(13)14(8-11)18(20,21)22/h1-3,6-8,15,23H,4-5,9H2/t15-/m0/s1. The molecule has 2 aromatic rings. The number of nitrogens with zero attached hydrogens (tertiary/aromatic N) is 1. The fourth-order valence-electron chi connectivity index (χ4n) is 3.59. The molecule has 1 fully saturated rings. The van der Waals surface area contributed by atoms with Crippen LogP contribution in [0, 0.1) is 0 Å². The van der Waals surface area contributed by atoms with E-state index in [1.165, 1.54) is 4.90 Å². The first-order chi connectivity index (χ1) is 11.9. The van der Waals surface area contributed by atoms with E-state index in [-0.39, 0.29) is 11.6 Å². The summed E-state index contributed by atoms with van der Waals surface area (Å²) in [5.41, 5.74) is 0.345. The third-order valence-corrected chi connectivity index (χ3v) is 4.94. The molecule has 1 saturated heterocycles. The molecule has 0 bridgehead atoms. The molecule has 0 saturated carbocycles. The number of nitrogens with one attached hydrogen (secondary N) is 1. The third kappa shape index (κ3) is 2.69. The average molecular weight is 367 g/mol. The lowest BCUT2D eigenvalue weighted by atomic mass is 9.92. The van der Waals surface area contributed by atoms with Crippen LogP contribution < -0.4 is 5.32 Å². The predicted molar refractivity (Wildman–Crippen MR) is 88.5 cm³/mol. The fourth-order valence-corrected chi connectivity index (χ4v) is 3.78. The van der Waals surface area contributed by atoms with Gasteiger partial charge in [-0.2, -0.15) is 13.2 Å². The van der Waals surface area contributed by atoms with E-state index in [4.69, 9.17) is 11.6 Å². The molecule has 4 rings (SSSR count). The summed E-state index contributed by atoms with van der Waals surface area (Å²) < 4.78 is 41.0. The van der Waals surface area contributed by atoms with E-state index in [2.05, 4.69) is 5.32 Å². The van der Waals surface area contributed by atoms with E-state index in [0.29, 0.717) is 41.3 Å². The molecule has 3 nitrogen and oxygen atoms in total. The van der Waals surface area contributed by atoms with Crippen LogP contribution in [0.1, 0.15) is 27.5 Å². The molecule has 0 aromatic heterocycles. The highest BCUT2D eigenvalue weighted by atomic mass is 35.5. The number of halogens is 4. The van der Waals surface area contributed by atoms with Crippen molar-refractivity contribution in [3.63, 3.8) is 0 Å². The summed E-state index contributed by atoms with van der Waals surface area (Å²) in [7, 11) is 0. The number of amides is 1. The lowest BCUT2D eigenvalue weighted by molar-refractivity contribution is -0.137. The highest BCUT2D eigenvalue weighted by Gasteiger charge is 2.45. The normalized spacial score (nSPS) is 19.8. The Bertz CT molecular complexity index is 866. The second kappa shape index (κ2) is 5.75. The minimum Gasteiger partial charge on any atom is -0.329 e. The molecule has 0 aliphatic carbocycles. The highest BCUT2D eigenvalue weighted by Crippen LogP contribution is 2.44. The number of piperazine rings is 1. The van der Waals surface area contributed by atoms with Crippen LogP contribution >= 0.6 is 11.6 Å². The average Bonchev–Trinajstić information content (AvgIpc) is 2.87. The first kappa shape index (κ1) is 16.4. The zero-order chi connectivity index (χ0) is 17.8. The number of carbonyl (C=O) groups excluding carboxylic acids is 1. The number of fused-ring (bicyclic) bond motifs is 3. The van der Waals surface area contributed by atoms with Crippen LogP contribution in [-0.2, 0) is 6.18 Å². The van der Waals surface area contributed by atoms with E-state index in [9.17, 15) is 18.0 Å². The van der Waals surface area contributed by atoms with Gasteiger partial charge >= 0.3 is 6.18 Å². The molecule has 0 spiro atoms.